The molecule has 1 aromatic heterocycles. The van der Waals surface area contributed by atoms with Crippen LogP contribution < -0.4 is 15.5 Å². The number of aromatic amines is 1. The molecule has 1 atom stereocenters. The van der Waals surface area contributed by atoms with E-state index < -0.39 is 6.04 Å². The molecule has 6 nitrogen and oxygen atoms in total. The van der Waals surface area contributed by atoms with E-state index in [1.807, 2.05) is 18.2 Å². The fourth-order valence-electron chi connectivity index (χ4n) is 2.82. The van der Waals surface area contributed by atoms with Gasteiger partial charge in [0.05, 0.1) is 0 Å². The minimum Gasteiger partial charge on any atom is -0.371 e. The molecule has 126 valence electrons. The topological polar surface area (TPSA) is 77.2 Å². The smallest absolute Gasteiger partial charge is 0.268 e. The van der Waals surface area contributed by atoms with Crippen molar-refractivity contribution in [3.8, 4) is 0 Å². The molecule has 2 aromatic rings. The minimum absolute atomic E-state index is 0.242. The van der Waals surface area contributed by atoms with Gasteiger partial charge in [-0.2, -0.15) is 0 Å². The summed E-state index contributed by atoms with van der Waals surface area (Å²) < 4.78 is 0. The Morgan fingerprint density at radius 1 is 1.17 bits per heavy atom. The van der Waals surface area contributed by atoms with Gasteiger partial charge in [0.15, 0.2) is 0 Å². The van der Waals surface area contributed by atoms with E-state index in [4.69, 9.17) is 0 Å². The predicted molar refractivity (Wildman–Crippen MR) is 94.2 cm³/mol. The first-order valence-corrected chi connectivity index (χ1v) is 8.23. The summed E-state index contributed by atoms with van der Waals surface area (Å²) in [5.41, 5.74) is 2.30. The molecule has 1 aromatic carbocycles. The second-order valence-corrected chi connectivity index (χ2v) is 6.01. The third-order valence-corrected chi connectivity index (χ3v) is 4.17. The normalized spacial score (nSPS) is 15.1. The van der Waals surface area contributed by atoms with Crippen LogP contribution in [0, 0.1) is 0 Å². The van der Waals surface area contributed by atoms with Crippen LogP contribution >= 0.6 is 0 Å². The first-order chi connectivity index (χ1) is 11.6. The Bertz CT molecular complexity index is 706. The number of benzene rings is 1. The van der Waals surface area contributed by atoms with Crippen LogP contribution in [0.5, 0.6) is 0 Å². The Morgan fingerprint density at radius 3 is 2.67 bits per heavy atom. The third kappa shape index (κ3) is 3.76. The van der Waals surface area contributed by atoms with Crippen LogP contribution in [0.25, 0.3) is 0 Å². The first-order valence-electron chi connectivity index (χ1n) is 8.23. The monoisotopic (exact) mass is 326 g/mol. The van der Waals surface area contributed by atoms with Crippen molar-refractivity contribution in [2.24, 2.45) is 0 Å². The Balaban J connectivity index is 1.59. The van der Waals surface area contributed by atoms with Gasteiger partial charge in [-0.3, -0.25) is 9.59 Å². The van der Waals surface area contributed by atoms with Crippen molar-refractivity contribution in [1.82, 2.24) is 10.3 Å². The van der Waals surface area contributed by atoms with Crippen molar-refractivity contribution >= 4 is 23.2 Å². The van der Waals surface area contributed by atoms with E-state index in [1.165, 1.54) is 12.8 Å². The number of amides is 2. The predicted octanol–water partition coefficient (Wildman–Crippen LogP) is 2.37. The molecule has 24 heavy (non-hydrogen) atoms. The van der Waals surface area contributed by atoms with Crippen molar-refractivity contribution in [2.75, 3.05) is 23.3 Å². The number of carbonyl (C=O) groups is 2. The van der Waals surface area contributed by atoms with Crippen molar-refractivity contribution in [3.05, 3.63) is 48.3 Å². The summed E-state index contributed by atoms with van der Waals surface area (Å²) in [6.07, 6.45) is 4.08. The van der Waals surface area contributed by atoms with E-state index in [0.29, 0.717) is 5.69 Å². The van der Waals surface area contributed by atoms with Crippen LogP contribution in [0.3, 0.4) is 0 Å². The van der Waals surface area contributed by atoms with E-state index in [2.05, 4.69) is 26.6 Å². The van der Waals surface area contributed by atoms with Gasteiger partial charge in [-0.25, -0.2) is 0 Å². The Labute approximate surface area is 141 Å². The van der Waals surface area contributed by atoms with Gasteiger partial charge < -0.3 is 20.5 Å². The fourth-order valence-corrected chi connectivity index (χ4v) is 2.82. The number of carbonyl (C=O) groups excluding carboxylic acids is 2. The molecular weight excluding hydrogens is 304 g/mol. The molecule has 6 heteroatoms. The van der Waals surface area contributed by atoms with Crippen LogP contribution in [0.15, 0.2) is 42.6 Å². The van der Waals surface area contributed by atoms with Crippen molar-refractivity contribution < 1.29 is 9.59 Å². The van der Waals surface area contributed by atoms with Gasteiger partial charge in [0.25, 0.3) is 5.91 Å². The lowest BCUT2D eigenvalue weighted by atomic mass is 10.2. The number of rotatable bonds is 5. The molecule has 0 spiro atoms. The van der Waals surface area contributed by atoms with Gasteiger partial charge >= 0.3 is 0 Å². The van der Waals surface area contributed by atoms with Crippen LogP contribution in [-0.4, -0.2) is 35.9 Å². The third-order valence-electron chi connectivity index (χ3n) is 4.17. The zero-order valence-corrected chi connectivity index (χ0v) is 13.7. The highest BCUT2D eigenvalue weighted by Crippen LogP contribution is 2.23. The summed E-state index contributed by atoms with van der Waals surface area (Å²) in [6.45, 7) is 3.78. The molecule has 0 aliphatic carbocycles. The quantitative estimate of drug-likeness (QED) is 0.789. The molecule has 2 amide bonds. The van der Waals surface area contributed by atoms with Crippen LogP contribution in [0.4, 0.5) is 11.4 Å². The van der Waals surface area contributed by atoms with Gasteiger partial charge in [0.1, 0.15) is 11.7 Å². The maximum atomic E-state index is 12.3. The summed E-state index contributed by atoms with van der Waals surface area (Å²) in [4.78, 5) is 29.4. The lowest BCUT2D eigenvalue weighted by Gasteiger charge is -2.19. The number of H-pyrrole nitrogens is 1. The molecule has 3 N–H and O–H groups in total. The summed E-state index contributed by atoms with van der Waals surface area (Å²) in [6, 6.07) is 10.6. The first kappa shape index (κ1) is 16.1. The summed E-state index contributed by atoms with van der Waals surface area (Å²) >= 11 is 0. The van der Waals surface area contributed by atoms with Gasteiger partial charge in [-0.05, 0) is 50.1 Å². The molecular formula is C18H22N4O2. The molecule has 1 aliphatic heterocycles. The second-order valence-electron chi connectivity index (χ2n) is 6.01. The molecule has 3 rings (SSSR count). The number of nitrogens with one attached hydrogen (secondary N) is 3. The van der Waals surface area contributed by atoms with Gasteiger partial charge in [0, 0.05) is 30.7 Å². The SMILES string of the molecule is C[C@@H](NC(=O)c1ccc[nH]1)C(=O)Nc1cccc(N2CCCC2)c1. The van der Waals surface area contributed by atoms with E-state index in [-0.39, 0.29) is 11.8 Å². The number of hydrogen-bond donors (Lipinski definition) is 3. The molecule has 1 saturated heterocycles. The van der Waals surface area contributed by atoms with Crippen LogP contribution in [0.1, 0.15) is 30.3 Å². The molecule has 1 aliphatic rings. The maximum absolute atomic E-state index is 12.3. The minimum atomic E-state index is -0.628. The zero-order chi connectivity index (χ0) is 16.9. The van der Waals surface area contributed by atoms with Crippen molar-refractivity contribution in [2.45, 2.75) is 25.8 Å². The average molecular weight is 326 g/mol. The molecule has 0 unspecified atom stereocenters. The lowest BCUT2D eigenvalue weighted by Crippen LogP contribution is -2.41. The highest BCUT2D eigenvalue weighted by Gasteiger charge is 2.18. The Hall–Kier alpha value is -2.76. The second kappa shape index (κ2) is 7.21. The number of hydrogen-bond acceptors (Lipinski definition) is 3. The van der Waals surface area contributed by atoms with Crippen molar-refractivity contribution in [1.29, 1.82) is 0 Å². The average Bonchev–Trinajstić information content (AvgIpc) is 3.28. The highest BCUT2D eigenvalue weighted by molar-refractivity contribution is 6.00. The summed E-state index contributed by atoms with van der Waals surface area (Å²) in [5, 5.41) is 5.55. The standard InChI is InChI=1S/C18H22N4O2/c1-13(20-18(24)16-8-5-9-19-16)17(23)21-14-6-4-7-15(12-14)22-10-2-3-11-22/h4-9,12-13,19H,2-3,10-11H2,1H3,(H,20,24)(H,21,23)/t13-/m1/s1. The van der Waals surface area contributed by atoms with Crippen LogP contribution in [0.2, 0.25) is 0 Å². The number of anilines is 2. The molecule has 2 heterocycles. The Kier molecular flexibility index (Phi) is 4.84. The number of aromatic nitrogens is 1. The van der Waals surface area contributed by atoms with Crippen molar-refractivity contribution in [3.63, 3.8) is 0 Å². The van der Waals surface area contributed by atoms with E-state index in [9.17, 15) is 9.59 Å². The van der Waals surface area contributed by atoms with Gasteiger partial charge in [0.2, 0.25) is 5.91 Å². The fraction of sp³-hybridized carbons (Fsp3) is 0.333. The highest BCUT2D eigenvalue weighted by atomic mass is 16.2. The number of nitrogens with zero attached hydrogens (tertiary/aromatic N) is 1. The van der Waals surface area contributed by atoms with Gasteiger partial charge in [-0.1, -0.05) is 6.07 Å². The molecule has 0 bridgehead atoms. The largest absolute Gasteiger partial charge is 0.371 e. The van der Waals surface area contributed by atoms with Crippen LogP contribution in [-0.2, 0) is 4.79 Å². The zero-order valence-electron chi connectivity index (χ0n) is 13.7. The maximum Gasteiger partial charge on any atom is 0.268 e. The molecule has 1 fully saturated rings. The Morgan fingerprint density at radius 2 is 1.96 bits per heavy atom. The van der Waals surface area contributed by atoms with E-state index in [1.54, 1.807) is 25.3 Å². The molecule has 0 saturated carbocycles. The van der Waals surface area contributed by atoms with Gasteiger partial charge in [-0.15, -0.1) is 0 Å². The summed E-state index contributed by atoms with van der Waals surface area (Å²) in [7, 11) is 0. The summed E-state index contributed by atoms with van der Waals surface area (Å²) in [5.74, 6) is -0.540. The van der Waals surface area contributed by atoms with E-state index >= 15 is 0 Å². The van der Waals surface area contributed by atoms with E-state index in [0.717, 1.165) is 24.5 Å². The molecule has 0 radical (unpaired) electrons. The lowest BCUT2D eigenvalue weighted by molar-refractivity contribution is -0.117.